The Morgan fingerprint density at radius 2 is 2.00 bits per heavy atom. The molecule has 2 unspecified atom stereocenters. The number of aliphatic hydroxyl groups excluding tert-OH is 1. The standard InChI is InChI=1S/C7H6Cl4O2/c1-13-7(11)4(12)2-3(8)5(9)6(7)10/h2,4,12H,1H3. The SMILES string of the molecule is COC1(Cl)C(Cl)=C(Cl)C(Cl)=CC1O. The molecule has 0 saturated carbocycles. The lowest BCUT2D eigenvalue weighted by molar-refractivity contribution is 0.00694. The normalized spacial score (nSPS) is 34.9. The molecule has 0 aromatic heterocycles. The van der Waals surface area contributed by atoms with Gasteiger partial charge in [-0.15, -0.1) is 0 Å². The van der Waals surface area contributed by atoms with E-state index in [1.807, 2.05) is 0 Å². The second-order valence-electron chi connectivity index (χ2n) is 2.44. The van der Waals surface area contributed by atoms with Gasteiger partial charge < -0.3 is 9.84 Å². The van der Waals surface area contributed by atoms with E-state index in [9.17, 15) is 5.11 Å². The Morgan fingerprint density at radius 3 is 2.46 bits per heavy atom. The molecule has 1 N–H and O–H groups in total. The van der Waals surface area contributed by atoms with E-state index in [0.717, 1.165) is 0 Å². The van der Waals surface area contributed by atoms with E-state index in [1.54, 1.807) is 0 Å². The number of methoxy groups -OCH3 is 1. The van der Waals surface area contributed by atoms with Gasteiger partial charge in [0.05, 0.1) is 15.1 Å². The van der Waals surface area contributed by atoms with Gasteiger partial charge in [-0.1, -0.05) is 46.4 Å². The highest BCUT2D eigenvalue weighted by molar-refractivity contribution is 6.51. The van der Waals surface area contributed by atoms with Crippen molar-refractivity contribution < 1.29 is 9.84 Å². The van der Waals surface area contributed by atoms with Crippen LogP contribution in [-0.4, -0.2) is 23.4 Å². The molecule has 1 aliphatic carbocycles. The molecule has 0 aromatic rings. The zero-order valence-electron chi connectivity index (χ0n) is 6.52. The van der Waals surface area contributed by atoms with Crippen molar-refractivity contribution in [1.29, 1.82) is 0 Å². The number of halogens is 4. The van der Waals surface area contributed by atoms with Crippen LogP contribution in [0.15, 0.2) is 21.2 Å². The van der Waals surface area contributed by atoms with Crippen molar-refractivity contribution in [3.63, 3.8) is 0 Å². The first-order valence-electron chi connectivity index (χ1n) is 3.29. The van der Waals surface area contributed by atoms with Crippen molar-refractivity contribution in [3.05, 3.63) is 21.2 Å². The molecule has 1 aliphatic rings. The van der Waals surface area contributed by atoms with Gasteiger partial charge in [0, 0.05) is 7.11 Å². The summed E-state index contributed by atoms with van der Waals surface area (Å²) in [6.45, 7) is 0. The number of ether oxygens (including phenoxy) is 1. The van der Waals surface area contributed by atoms with E-state index < -0.39 is 11.2 Å². The summed E-state index contributed by atoms with van der Waals surface area (Å²) in [5, 5.41) is 8.19. The largest absolute Gasteiger partial charge is 0.384 e. The molecule has 0 bridgehead atoms. The molecule has 0 amide bonds. The second kappa shape index (κ2) is 3.97. The van der Waals surface area contributed by atoms with E-state index in [2.05, 4.69) is 0 Å². The van der Waals surface area contributed by atoms with Crippen LogP contribution in [0.5, 0.6) is 0 Å². The quantitative estimate of drug-likeness (QED) is 0.738. The number of alkyl halides is 1. The summed E-state index contributed by atoms with van der Waals surface area (Å²) in [6.07, 6.45) is 0.147. The number of allylic oxidation sites excluding steroid dienone is 2. The molecule has 6 heteroatoms. The second-order valence-corrected chi connectivity index (χ2v) is 4.16. The summed E-state index contributed by atoms with van der Waals surface area (Å²) < 4.78 is 4.86. The minimum absolute atomic E-state index is 0.0154. The summed E-state index contributed by atoms with van der Waals surface area (Å²) in [7, 11) is 1.32. The Hall–Kier alpha value is 0.560. The van der Waals surface area contributed by atoms with Crippen molar-refractivity contribution in [1.82, 2.24) is 0 Å². The highest BCUT2D eigenvalue weighted by Gasteiger charge is 2.43. The lowest BCUT2D eigenvalue weighted by Crippen LogP contribution is -2.40. The van der Waals surface area contributed by atoms with Crippen LogP contribution in [0, 0.1) is 0 Å². The average molecular weight is 264 g/mol. The maximum Gasteiger partial charge on any atom is 0.208 e. The van der Waals surface area contributed by atoms with Crippen LogP contribution in [0.4, 0.5) is 0 Å². The summed E-state index contributed by atoms with van der Waals surface area (Å²) in [4.78, 5) is 0. The molecule has 0 saturated heterocycles. The Bertz CT molecular complexity index is 286. The predicted octanol–water partition coefficient (Wildman–Crippen LogP) is 2.75. The summed E-state index contributed by atoms with van der Waals surface area (Å²) >= 11 is 23.0. The fourth-order valence-electron chi connectivity index (χ4n) is 0.914. The van der Waals surface area contributed by atoms with Crippen LogP contribution < -0.4 is 0 Å². The molecule has 1 rings (SSSR count). The Kier molecular flexibility index (Phi) is 3.55. The van der Waals surface area contributed by atoms with Crippen molar-refractivity contribution >= 4 is 46.4 Å². The lowest BCUT2D eigenvalue weighted by Gasteiger charge is -2.32. The third-order valence-electron chi connectivity index (χ3n) is 1.68. The van der Waals surface area contributed by atoms with Gasteiger partial charge in [0.15, 0.2) is 0 Å². The van der Waals surface area contributed by atoms with Gasteiger partial charge in [0.1, 0.15) is 6.10 Å². The number of rotatable bonds is 1. The minimum Gasteiger partial charge on any atom is -0.384 e. The van der Waals surface area contributed by atoms with Gasteiger partial charge in [-0.05, 0) is 6.08 Å². The van der Waals surface area contributed by atoms with E-state index in [-0.39, 0.29) is 15.1 Å². The van der Waals surface area contributed by atoms with Crippen LogP contribution in [0.1, 0.15) is 0 Å². The van der Waals surface area contributed by atoms with Crippen LogP contribution in [0.2, 0.25) is 0 Å². The molecule has 0 aliphatic heterocycles. The van der Waals surface area contributed by atoms with Gasteiger partial charge in [-0.25, -0.2) is 0 Å². The molecule has 13 heavy (non-hydrogen) atoms. The zero-order valence-corrected chi connectivity index (χ0v) is 9.55. The first-order valence-corrected chi connectivity index (χ1v) is 4.80. The minimum atomic E-state index is -1.53. The molecule has 2 atom stereocenters. The Labute approximate surface area is 95.7 Å². The van der Waals surface area contributed by atoms with E-state index in [0.29, 0.717) is 0 Å². The first-order chi connectivity index (χ1) is 5.93. The summed E-state index contributed by atoms with van der Waals surface area (Å²) in [6, 6.07) is 0. The molecule has 74 valence electrons. The molecule has 2 nitrogen and oxygen atoms in total. The average Bonchev–Trinajstić information content (AvgIpc) is 2.11. The molecule has 0 spiro atoms. The molecule has 0 fully saturated rings. The fourth-order valence-corrected chi connectivity index (χ4v) is 1.88. The van der Waals surface area contributed by atoms with E-state index >= 15 is 0 Å². The predicted molar refractivity (Wildman–Crippen MR) is 54.3 cm³/mol. The highest BCUT2D eigenvalue weighted by Crippen LogP contribution is 2.43. The van der Waals surface area contributed by atoms with Crippen molar-refractivity contribution in [2.45, 2.75) is 11.2 Å². The smallest absolute Gasteiger partial charge is 0.208 e. The van der Waals surface area contributed by atoms with E-state index in [1.165, 1.54) is 13.2 Å². The highest BCUT2D eigenvalue weighted by atomic mass is 35.5. The summed E-state index contributed by atoms with van der Waals surface area (Å²) in [5.41, 5.74) is 0. The Balaban J connectivity index is 3.18. The van der Waals surface area contributed by atoms with Crippen molar-refractivity contribution in [2.24, 2.45) is 0 Å². The molecule has 0 heterocycles. The van der Waals surface area contributed by atoms with Gasteiger partial charge in [-0.2, -0.15) is 0 Å². The molecular formula is C7H6Cl4O2. The molecular weight excluding hydrogens is 258 g/mol. The monoisotopic (exact) mass is 262 g/mol. The van der Waals surface area contributed by atoms with Crippen LogP contribution in [0.3, 0.4) is 0 Å². The number of hydrogen-bond donors (Lipinski definition) is 1. The number of aliphatic hydroxyl groups is 1. The van der Waals surface area contributed by atoms with Gasteiger partial charge in [0.25, 0.3) is 0 Å². The topological polar surface area (TPSA) is 29.5 Å². The summed E-state index contributed by atoms with van der Waals surface area (Å²) in [5.74, 6) is 0. The maximum atomic E-state index is 9.49. The third-order valence-corrected chi connectivity index (χ3v) is 3.72. The first kappa shape index (κ1) is 11.6. The fraction of sp³-hybridized carbons (Fsp3) is 0.429. The molecule has 0 aromatic carbocycles. The third kappa shape index (κ3) is 1.84. The lowest BCUT2D eigenvalue weighted by atomic mass is 10.1. The zero-order chi connectivity index (χ0) is 10.2. The van der Waals surface area contributed by atoms with Crippen LogP contribution >= 0.6 is 46.4 Å². The van der Waals surface area contributed by atoms with Crippen molar-refractivity contribution in [2.75, 3.05) is 7.11 Å². The van der Waals surface area contributed by atoms with E-state index in [4.69, 9.17) is 51.1 Å². The Morgan fingerprint density at radius 1 is 1.46 bits per heavy atom. The van der Waals surface area contributed by atoms with Gasteiger partial charge in [-0.3, -0.25) is 0 Å². The van der Waals surface area contributed by atoms with Gasteiger partial charge >= 0.3 is 0 Å². The maximum absolute atomic E-state index is 9.49. The van der Waals surface area contributed by atoms with Gasteiger partial charge in [0.2, 0.25) is 5.06 Å². The molecule has 0 radical (unpaired) electrons. The van der Waals surface area contributed by atoms with Crippen molar-refractivity contribution in [3.8, 4) is 0 Å². The van der Waals surface area contributed by atoms with Crippen LogP contribution in [-0.2, 0) is 4.74 Å². The van der Waals surface area contributed by atoms with Crippen LogP contribution in [0.25, 0.3) is 0 Å². The number of hydrogen-bond acceptors (Lipinski definition) is 2.